The molecule has 0 aliphatic rings. The van der Waals surface area contributed by atoms with Gasteiger partial charge in [-0.25, -0.2) is 0 Å². The normalized spacial score (nSPS) is 14.8. The Bertz CT molecular complexity index is 106. The predicted molar refractivity (Wildman–Crippen MR) is 54.2 cm³/mol. The lowest BCUT2D eigenvalue weighted by atomic mass is 9.88. The lowest BCUT2D eigenvalue weighted by Crippen LogP contribution is -2.26. The van der Waals surface area contributed by atoms with Crippen molar-refractivity contribution in [1.82, 2.24) is 0 Å². The average molecular weight is 172 g/mol. The van der Waals surface area contributed by atoms with Gasteiger partial charge in [-0.15, -0.1) is 0 Å². The summed E-state index contributed by atoms with van der Waals surface area (Å²) >= 11 is 0. The minimum atomic E-state index is -0.385. The number of aliphatic hydroxyl groups is 1. The van der Waals surface area contributed by atoms with Gasteiger partial charge in [0, 0.05) is 0 Å². The van der Waals surface area contributed by atoms with Crippen molar-refractivity contribution in [1.29, 1.82) is 0 Å². The van der Waals surface area contributed by atoms with Crippen LogP contribution in [0.1, 0.15) is 59.8 Å². The van der Waals surface area contributed by atoms with Crippen molar-refractivity contribution in [2.75, 3.05) is 0 Å². The molecule has 1 nitrogen and oxygen atoms in total. The molecule has 0 radical (unpaired) electrons. The number of hydrogen-bond acceptors (Lipinski definition) is 1. The molecule has 1 atom stereocenters. The van der Waals surface area contributed by atoms with Gasteiger partial charge < -0.3 is 5.11 Å². The van der Waals surface area contributed by atoms with E-state index < -0.39 is 0 Å². The molecule has 0 aromatic heterocycles. The standard InChI is InChI=1S/C11H24O/c1-5-10(4)8-9-11(12,6-2)7-3/h10,12H,5-9H2,1-4H3. The quantitative estimate of drug-likeness (QED) is 0.651. The molecule has 0 aromatic rings. The molecule has 0 bridgehead atoms. The maximum absolute atomic E-state index is 9.97. The van der Waals surface area contributed by atoms with Crippen LogP contribution in [0.2, 0.25) is 0 Å². The van der Waals surface area contributed by atoms with Crippen molar-refractivity contribution in [2.45, 2.75) is 65.4 Å². The SMILES string of the molecule is CCC(C)CCC(O)(CC)CC. The fraction of sp³-hybridized carbons (Fsp3) is 1.00. The molecule has 0 aliphatic carbocycles. The predicted octanol–water partition coefficient (Wildman–Crippen LogP) is 3.36. The van der Waals surface area contributed by atoms with Crippen molar-refractivity contribution in [3.63, 3.8) is 0 Å². The van der Waals surface area contributed by atoms with Crippen LogP contribution in [0.5, 0.6) is 0 Å². The molecule has 1 heteroatoms. The van der Waals surface area contributed by atoms with Crippen LogP contribution in [0.3, 0.4) is 0 Å². The van der Waals surface area contributed by atoms with Gasteiger partial charge in [-0.3, -0.25) is 0 Å². The molecule has 12 heavy (non-hydrogen) atoms. The molecule has 0 saturated carbocycles. The molecule has 0 aromatic carbocycles. The summed E-state index contributed by atoms with van der Waals surface area (Å²) in [7, 11) is 0. The highest BCUT2D eigenvalue weighted by Gasteiger charge is 2.21. The molecule has 1 unspecified atom stereocenters. The van der Waals surface area contributed by atoms with E-state index in [1.165, 1.54) is 6.42 Å². The highest BCUT2D eigenvalue weighted by molar-refractivity contribution is 4.75. The van der Waals surface area contributed by atoms with Gasteiger partial charge in [-0.05, 0) is 31.6 Å². The van der Waals surface area contributed by atoms with Crippen LogP contribution in [-0.4, -0.2) is 10.7 Å². The van der Waals surface area contributed by atoms with Crippen LogP contribution in [0.15, 0.2) is 0 Å². The second-order valence-electron chi connectivity index (χ2n) is 3.98. The molecule has 0 saturated heterocycles. The van der Waals surface area contributed by atoms with Gasteiger partial charge in [0.25, 0.3) is 0 Å². The molecule has 0 amide bonds. The highest BCUT2D eigenvalue weighted by Crippen LogP contribution is 2.24. The Kier molecular flexibility index (Phi) is 5.56. The Morgan fingerprint density at radius 1 is 1.17 bits per heavy atom. The zero-order chi connectivity index (χ0) is 9.61. The van der Waals surface area contributed by atoms with Gasteiger partial charge >= 0.3 is 0 Å². The third kappa shape index (κ3) is 4.10. The Balaban J connectivity index is 3.72. The Morgan fingerprint density at radius 3 is 2.00 bits per heavy atom. The Labute approximate surface area is 77.2 Å². The molecule has 74 valence electrons. The monoisotopic (exact) mass is 172 g/mol. The van der Waals surface area contributed by atoms with Gasteiger partial charge in [-0.1, -0.05) is 34.1 Å². The van der Waals surface area contributed by atoms with E-state index in [0.29, 0.717) is 0 Å². The largest absolute Gasteiger partial charge is 0.390 e. The lowest BCUT2D eigenvalue weighted by Gasteiger charge is -2.26. The van der Waals surface area contributed by atoms with Crippen molar-refractivity contribution in [3.05, 3.63) is 0 Å². The first-order chi connectivity index (χ1) is 5.58. The summed E-state index contributed by atoms with van der Waals surface area (Å²) in [6.45, 7) is 8.60. The van der Waals surface area contributed by atoms with Crippen LogP contribution in [0.25, 0.3) is 0 Å². The summed E-state index contributed by atoms with van der Waals surface area (Å²) in [6.07, 6.45) is 5.13. The summed E-state index contributed by atoms with van der Waals surface area (Å²) in [5, 5.41) is 9.97. The average Bonchev–Trinajstić information content (AvgIpc) is 2.13. The molecular weight excluding hydrogens is 148 g/mol. The van der Waals surface area contributed by atoms with E-state index in [9.17, 15) is 5.11 Å². The van der Waals surface area contributed by atoms with Crippen LogP contribution in [0.4, 0.5) is 0 Å². The molecule has 0 rings (SSSR count). The summed E-state index contributed by atoms with van der Waals surface area (Å²) in [6, 6.07) is 0. The van der Waals surface area contributed by atoms with Crippen molar-refractivity contribution in [3.8, 4) is 0 Å². The minimum absolute atomic E-state index is 0.385. The van der Waals surface area contributed by atoms with E-state index in [0.717, 1.165) is 31.6 Å². The van der Waals surface area contributed by atoms with Gasteiger partial charge in [0.15, 0.2) is 0 Å². The molecule has 0 spiro atoms. The van der Waals surface area contributed by atoms with Gasteiger partial charge in [-0.2, -0.15) is 0 Å². The van der Waals surface area contributed by atoms with Crippen molar-refractivity contribution < 1.29 is 5.11 Å². The van der Waals surface area contributed by atoms with E-state index in [2.05, 4.69) is 27.7 Å². The van der Waals surface area contributed by atoms with Gasteiger partial charge in [0.2, 0.25) is 0 Å². The van der Waals surface area contributed by atoms with Crippen molar-refractivity contribution >= 4 is 0 Å². The number of rotatable bonds is 6. The highest BCUT2D eigenvalue weighted by atomic mass is 16.3. The van der Waals surface area contributed by atoms with E-state index >= 15 is 0 Å². The maximum Gasteiger partial charge on any atom is 0.0642 e. The zero-order valence-corrected chi connectivity index (χ0v) is 9.06. The van der Waals surface area contributed by atoms with Crippen LogP contribution in [0, 0.1) is 5.92 Å². The van der Waals surface area contributed by atoms with E-state index in [1.807, 2.05) is 0 Å². The minimum Gasteiger partial charge on any atom is -0.390 e. The fourth-order valence-corrected chi connectivity index (χ4v) is 1.32. The summed E-state index contributed by atoms with van der Waals surface area (Å²) in [5.74, 6) is 0.759. The van der Waals surface area contributed by atoms with Crippen molar-refractivity contribution in [2.24, 2.45) is 5.92 Å². The molecule has 1 N–H and O–H groups in total. The first-order valence-corrected chi connectivity index (χ1v) is 5.30. The first-order valence-electron chi connectivity index (χ1n) is 5.30. The fourth-order valence-electron chi connectivity index (χ4n) is 1.32. The summed E-state index contributed by atoms with van der Waals surface area (Å²) in [5.41, 5.74) is -0.385. The first kappa shape index (κ1) is 12.0. The third-order valence-electron chi connectivity index (χ3n) is 3.12. The summed E-state index contributed by atoms with van der Waals surface area (Å²) < 4.78 is 0. The van der Waals surface area contributed by atoms with Crippen LogP contribution < -0.4 is 0 Å². The lowest BCUT2D eigenvalue weighted by molar-refractivity contribution is 0.0180. The smallest absolute Gasteiger partial charge is 0.0642 e. The van der Waals surface area contributed by atoms with E-state index in [-0.39, 0.29) is 5.60 Å². The zero-order valence-electron chi connectivity index (χ0n) is 9.06. The molecule has 0 fully saturated rings. The maximum atomic E-state index is 9.97. The number of hydrogen-bond donors (Lipinski definition) is 1. The van der Waals surface area contributed by atoms with E-state index in [4.69, 9.17) is 0 Å². The second-order valence-corrected chi connectivity index (χ2v) is 3.98. The second kappa shape index (κ2) is 5.58. The molecular formula is C11H24O. The van der Waals surface area contributed by atoms with Gasteiger partial charge in [0.05, 0.1) is 5.60 Å². The Hall–Kier alpha value is -0.0400. The Morgan fingerprint density at radius 2 is 1.67 bits per heavy atom. The van der Waals surface area contributed by atoms with Gasteiger partial charge in [0.1, 0.15) is 0 Å². The van der Waals surface area contributed by atoms with Crippen LogP contribution in [-0.2, 0) is 0 Å². The van der Waals surface area contributed by atoms with Crippen LogP contribution >= 0.6 is 0 Å². The topological polar surface area (TPSA) is 20.2 Å². The molecule has 0 aliphatic heterocycles. The summed E-state index contributed by atoms with van der Waals surface area (Å²) in [4.78, 5) is 0. The van der Waals surface area contributed by atoms with E-state index in [1.54, 1.807) is 0 Å². The third-order valence-corrected chi connectivity index (χ3v) is 3.12. The molecule has 0 heterocycles.